The van der Waals surface area contributed by atoms with E-state index in [-0.39, 0.29) is 6.61 Å². The fourth-order valence-corrected chi connectivity index (χ4v) is 1.73. The van der Waals surface area contributed by atoms with Crippen LogP contribution in [0.1, 0.15) is 31.9 Å². The summed E-state index contributed by atoms with van der Waals surface area (Å²) in [5, 5.41) is 12.2. The van der Waals surface area contributed by atoms with E-state index in [2.05, 4.69) is 43.4 Å². The summed E-state index contributed by atoms with van der Waals surface area (Å²) in [6.45, 7) is 5.29. The number of hydrogen-bond donors (Lipinski definition) is 2. The van der Waals surface area contributed by atoms with Crippen LogP contribution in [0.4, 0.5) is 0 Å². The summed E-state index contributed by atoms with van der Waals surface area (Å²) < 4.78 is 0. The second-order valence-corrected chi connectivity index (χ2v) is 4.27. The van der Waals surface area contributed by atoms with E-state index in [1.807, 2.05) is 6.07 Å². The SMILES string of the molecule is CC(C)CC(NCCO)c1ccccc1. The summed E-state index contributed by atoms with van der Waals surface area (Å²) in [6, 6.07) is 10.8. The van der Waals surface area contributed by atoms with Crippen molar-refractivity contribution in [1.29, 1.82) is 0 Å². The van der Waals surface area contributed by atoms with E-state index in [4.69, 9.17) is 5.11 Å². The van der Waals surface area contributed by atoms with E-state index in [0.29, 0.717) is 18.5 Å². The number of hydrogen-bond acceptors (Lipinski definition) is 2. The van der Waals surface area contributed by atoms with Crippen LogP contribution in [0.3, 0.4) is 0 Å². The largest absolute Gasteiger partial charge is 0.395 e. The Morgan fingerprint density at radius 3 is 2.40 bits per heavy atom. The van der Waals surface area contributed by atoms with Crippen LogP contribution in [-0.4, -0.2) is 18.3 Å². The number of rotatable bonds is 6. The van der Waals surface area contributed by atoms with Crippen molar-refractivity contribution in [2.45, 2.75) is 26.3 Å². The standard InChI is InChI=1S/C13H21NO/c1-11(2)10-13(14-8-9-15)12-6-4-3-5-7-12/h3-7,11,13-15H,8-10H2,1-2H3. The molecular weight excluding hydrogens is 186 g/mol. The molecule has 15 heavy (non-hydrogen) atoms. The van der Waals surface area contributed by atoms with Gasteiger partial charge in [-0.05, 0) is 17.9 Å². The smallest absolute Gasteiger partial charge is 0.0556 e. The highest BCUT2D eigenvalue weighted by Gasteiger charge is 2.11. The lowest BCUT2D eigenvalue weighted by molar-refractivity contribution is 0.279. The molecule has 1 atom stereocenters. The first-order chi connectivity index (χ1) is 7.24. The Morgan fingerprint density at radius 1 is 1.20 bits per heavy atom. The van der Waals surface area contributed by atoms with Gasteiger partial charge in [-0.25, -0.2) is 0 Å². The molecule has 0 aromatic heterocycles. The van der Waals surface area contributed by atoms with Crippen LogP contribution in [0.5, 0.6) is 0 Å². The lowest BCUT2D eigenvalue weighted by Gasteiger charge is -2.20. The predicted octanol–water partition coefficient (Wildman–Crippen LogP) is 2.36. The zero-order valence-electron chi connectivity index (χ0n) is 9.61. The van der Waals surface area contributed by atoms with Gasteiger partial charge in [0.25, 0.3) is 0 Å². The van der Waals surface area contributed by atoms with Gasteiger partial charge in [-0.1, -0.05) is 44.2 Å². The van der Waals surface area contributed by atoms with Crippen LogP contribution in [0, 0.1) is 5.92 Å². The monoisotopic (exact) mass is 207 g/mol. The van der Waals surface area contributed by atoms with E-state index >= 15 is 0 Å². The van der Waals surface area contributed by atoms with Crippen LogP contribution >= 0.6 is 0 Å². The summed E-state index contributed by atoms with van der Waals surface area (Å²) in [5.74, 6) is 0.654. The molecule has 0 saturated carbocycles. The maximum absolute atomic E-state index is 8.83. The first-order valence-electron chi connectivity index (χ1n) is 5.63. The Morgan fingerprint density at radius 2 is 1.87 bits per heavy atom. The maximum Gasteiger partial charge on any atom is 0.0556 e. The van der Waals surface area contributed by atoms with Gasteiger partial charge < -0.3 is 10.4 Å². The fourth-order valence-electron chi connectivity index (χ4n) is 1.73. The molecular formula is C13H21NO. The summed E-state index contributed by atoms with van der Waals surface area (Å²) in [6.07, 6.45) is 1.10. The van der Waals surface area contributed by atoms with Gasteiger partial charge in [0.05, 0.1) is 6.61 Å². The van der Waals surface area contributed by atoms with Crippen molar-refractivity contribution >= 4 is 0 Å². The minimum absolute atomic E-state index is 0.196. The third-order valence-corrected chi connectivity index (χ3v) is 2.41. The Kier molecular flexibility index (Phi) is 5.37. The zero-order valence-corrected chi connectivity index (χ0v) is 9.61. The molecule has 2 heteroatoms. The van der Waals surface area contributed by atoms with Crippen LogP contribution in [0.2, 0.25) is 0 Å². The second-order valence-electron chi connectivity index (χ2n) is 4.27. The van der Waals surface area contributed by atoms with E-state index in [1.165, 1.54) is 5.56 Å². The van der Waals surface area contributed by atoms with Gasteiger partial charge in [-0.2, -0.15) is 0 Å². The van der Waals surface area contributed by atoms with Gasteiger partial charge in [0.2, 0.25) is 0 Å². The average molecular weight is 207 g/mol. The van der Waals surface area contributed by atoms with Gasteiger partial charge in [0.1, 0.15) is 0 Å². The summed E-state index contributed by atoms with van der Waals surface area (Å²) in [7, 11) is 0. The van der Waals surface area contributed by atoms with Crippen molar-refractivity contribution in [3.8, 4) is 0 Å². The molecule has 0 amide bonds. The molecule has 1 aromatic carbocycles. The summed E-state index contributed by atoms with van der Waals surface area (Å²) >= 11 is 0. The molecule has 0 fully saturated rings. The van der Waals surface area contributed by atoms with E-state index in [0.717, 1.165) is 6.42 Å². The van der Waals surface area contributed by atoms with Crippen LogP contribution in [-0.2, 0) is 0 Å². The minimum atomic E-state index is 0.196. The Balaban J connectivity index is 2.63. The molecule has 0 saturated heterocycles. The summed E-state index contributed by atoms with van der Waals surface area (Å²) in [4.78, 5) is 0. The Hall–Kier alpha value is -0.860. The topological polar surface area (TPSA) is 32.3 Å². The fraction of sp³-hybridized carbons (Fsp3) is 0.538. The second kappa shape index (κ2) is 6.59. The highest BCUT2D eigenvalue weighted by molar-refractivity contribution is 5.18. The maximum atomic E-state index is 8.83. The molecule has 84 valence electrons. The predicted molar refractivity (Wildman–Crippen MR) is 63.7 cm³/mol. The number of nitrogens with one attached hydrogen (secondary N) is 1. The zero-order chi connectivity index (χ0) is 11.1. The van der Waals surface area contributed by atoms with Crippen molar-refractivity contribution in [1.82, 2.24) is 5.32 Å². The van der Waals surface area contributed by atoms with Crippen molar-refractivity contribution in [3.63, 3.8) is 0 Å². The van der Waals surface area contributed by atoms with Crippen LogP contribution < -0.4 is 5.32 Å². The number of aliphatic hydroxyl groups excluding tert-OH is 1. The molecule has 0 aliphatic carbocycles. The van der Waals surface area contributed by atoms with Crippen molar-refractivity contribution < 1.29 is 5.11 Å². The quantitative estimate of drug-likeness (QED) is 0.750. The molecule has 0 aliphatic heterocycles. The summed E-state index contributed by atoms with van der Waals surface area (Å²) in [5.41, 5.74) is 1.31. The highest BCUT2D eigenvalue weighted by atomic mass is 16.3. The first kappa shape index (κ1) is 12.2. The normalized spacial score (nSPS) is 13.1. The van der Waals surface area contributed by atoms with Crippen LogP contribution in [0.25, 0.3) is 0 Å². The van der Waals surface area contributed by atoms with Gasteiger partial charge in [0, 0.05) is 12.6 Å². The molecule has 0 aliphatic rings. The first-order valence-corrected chi connectivity index (χ1v) is 5.63. The van der Waals surface area contributed by atoms with E-state index in [1.54, 1.807) is 0 Å². The molecule has 0 heterocycles. The third-order valence-electron chi connectivity index (χ3n) is 2.41. The van der Waals surface area contributed by atoms with Gasteiger partial charge in [-0.15, -0.1) is 0 Å². The molecule has 0 radical (unpaired) electrons. The highest BCUT2D eigenvalue weighted by Crippen LogP contribution is 2.20. The average Bonchev–Trinajstić information content (AvgIpc) is 2.25. The number of aliphatic hydroxyl groups is 1. The minimum Gasteiger partial charge on any atom is -0.395 e. The Bertz CT molecular complexity index is 258. The molecule has 1 aromatic rings. The van der Waals surface area contributed by atoms with E-state index < -0.39 is 0 Å². The van der Waals surface area contributed by atoms with Crippen LogP contribution in [0.15, 0.2) is 30.3 Å². The van der Waals surface area contributed by atoms with Crippen molar-refractivity contribution in [2.24, 2.45) is 5.92 Å². The molecule has 1 rings (SSSR count). The molecule has 0 bridgehead atoms. The van der Waals surface area contributed by atoms with Crippen molar-refractivity contribution in [2.75, 3.05) is 13.2 Å². The Labute approximate surface area is 92.3 Å². The van der Waals surface area contributed by atoms with Gasteiger partial charge in [0.15, 0.2) is 0 Å². The molecule has 2 N–H and O–H groups in total. The van der Waals surface area contributed by atoms with E-state index in [9.17, 15) is 0 Å². The lowest BCUT2D eigenvalue weighted by Crippen LogP contribution is -2.25. The molecule has 0 spiro atoms. The third kappa shape index (κ3) is 4.45. The lowest BCUT2D eigenvalue weighted by atomic mass is 9.97. The molecule has 2 nitrogen and oxygen atoms in total. The van der Waals surface area contributed by atoms with Gasteiger partial charge >= 0.3 is 0 Å². The van der Waals surface area contributed by atoms with Gasteiger partial charge in [-0.3, -0.25) is 0 Å². The molecule has 1 unspecified atom stereocenters. The number of benzene rings is 1. The van der Waals surface area contributed by atoms with Crippen molar-refractivity contribution in [3.05, 3.63) is 35.9 Å².